The number of aryl methyl sites for hydroxylation is 2. The molecule has 3 aromatic carbocycles. The van der Waals surface area contributed by atoms with Gasteiger partial charge >= 0.3 is 0 Å². The van der Waals surface area contributed by atoms with Crippen LogP contribution in [0.2, 0.25) is 0 Å². The molecule has 1 heterocycles. The van der Waals surface area contributed by atoms with E-state index in [-0.39, 0.29) is 5.92 Å². The first-order chi connectivity index (χ1) is 24.7. The number of benzene rings is 3. The average molecular weight is 655 g/mol. The van der Waals surface area contributed by atoms with Crippen molar-refractivity contribution in [2.24, 2.45) is 0 Å². The van der Waals surface area contributed by atoms with Crippen LogP contribution in [-0.2, 0) is 25.7 Å². The molecule has 3 aliphatic rings. The Morgan fingerprint density at radius 3 is 2.06 bits per heavy atom. The molecule has 0 aliphatic heterocycles. The van der Waals surface area contributed by atoms with Crippen LogP contribution < -0.4 is 0 Å². The van der Waals surface area contributed by atoms with Crippen LogP contribution in [0.1, 0.15) is 115 Å². The molecule has 0 unspecified atom stereocenters. The highest BCUT2D eigenvalue weighted by molar-refractivity contribution is 5.96. The normalized spacial score (nSPS) is 15.4. The summed E-state index contributed by atoms with van der Waals surface area (Å²) in [6.07, 6.45) is 29.0. The standard InChI is InChI=1S/C48H46O2/c1-3-5-7-13-35-19-23-37(24-20-35)27-29-41-33-39-15-9-11-17-43(39)45-46-44-18-12-10-16-40(44)34-42(48(46)50-32-31-49-47(41)45)30-28-38-25-21-36(22-26-38)14-8-6-4-2/h9-12,15,19-26,31-34,43H,3-8,13-14,16-18H2,1-2H3/t43-/m0/s1. The molecule has 0 amide bonds. The molecule has 1 atom stereocenters. The summed E-state index contributed by atoms with van der Waals surface area (Å²) in [6, 6.07) is 19.7. The Balaban J connectivity index is 1.34. The number of unbranched alkanes of at least 4 members (excludes halogenated alkanes) is 4. The second-order valence-corrected chi connectivity index (χ2v) is 13.6. The summed E-state index contributed by atoms with van der Waals surface area (Å²) in [5.41, 5.74) is 12.3. The van der Waals surface area contributed by atoms with Gasteiger partial charge in [-0.15, -0.1) is 0 Å². The van der Waals surface area contributed by atoms with E-state index >= 15 is 0 Å². The lowest BCUT2D eigenvalue weighted by molar-refractivity contribution is 0.494. The SMILES string of the molecule is CCCCCc1ccc(C#CC2=CC3=CC=CC[C@@H]3c3c2occoc2c(C#Cc4ccc(CCCCC)cc4)cc4c(c32)CC=CC4)cc1. The Labute approximate surface area is 298 Å². The molecule has 250 valence electrons. The van der Waals surface area contributed by atoms with Gasteiger partial charge in [0.2, 0.25) is 0 Å². The van der Waals surface area contributed by atoms with E-state index in [1.807, 2.05) is 0 Å². The van der Waals surface area contributed by atoms with E-state index in [4.69, 9.17) is 8.83 Å². The topological polar surface area (TPSA) is 26.3 Å². The van der Waals surface area contributed by atoms with E-state index in [1.165, 1.54) is 66.4 Å². The van der Waals surface area contributed by atoms with Gasteiger partial charge in [0.05, 0.1) is 11.1 Å². The van der Waals surface area contributed by atoms with Gasteiger partial charge < -0.3 is 8.83 Å². The molecule has 7 rings (SSSR count). The first kappa shape index (κ1) is 33.3. The summed E-state index contributed by atoms with van der Waals surface area (Å²) in [5, 5.41) is 1.11. The van der Waals surface area contributed by atoms with Crippen molar-refractivity contribution in [1.82, 2.24) is 0 Å². The lowest BCUT2D eigenvalue weighted by atomic mass is 9.76. The minimum absolute atomic E-state index is 0.135. The predicted octanol–water partition coefficient (Wildman–Crippen LogP) is 12.1. The van der Waals surface area contributed by atoms with Gasteiger partial charge in [0.25, 0.3) is 0 Å². The van der Waals surface area contributed by atoms with Gasteiger partial charge in [0.15, 0.2) is 0 Å². The van der Waals surface area contributed by atoms with Crippen molar-refractivity contribution < 1.29 is 8.83 Å². The third-order valence-corrected chi connectivity index (χ3v) is 10.1. The number of allylic oxidation sites excluding steroid dienone is 8. The summed E-state index contributed by atoms with van der Waals surface area (Å²) < 4.78 is 12.9. The Morgan fingerprint density at radius 2 is 1.36 bits per heavy atom. The van der Waals surface area contributed by atoms with Crippen molar-refractivity contribution >= 4 is 16.5 Å². The van der Waals surface area contributed by atoms with Gasteiger partial charge in [-0.3, -0.25) is 0 Å². The maximum atomic E-state index is 6.47. The Bertz CT molecular complexity index is 2150. The van der Waals surface area contributed by atoms with Crippen molar-refractivity contribution in [3.8, 4) is 23.7 Å². The van der Waals surface area contributed by atoms with Crippen LogP contribution in [0, 0.1) is 23.7 Å². The van der Waals surface area contributed by atoms with Crippen molar-refractivity contribution in [3.63, 3.8) is 0 Å². The van der Waals surface area contributed by atoms with Crippen LogP contribution in [-0.4, -0.2) is 0 Å². The molecule has 0 saturated heterocycles. The molecule has 2 heteroatoms. The molecule has 0 saturated carbocycles. The fourth-order valence-electron chi connectivity index (χ4n) is 7.35. The monoisotopic (exact) mass is 654 g/mol. The van der Waals surface area contributed by atoms with Gasteiger partial charge in [0, 0.05) is 28.0 Å². The second-order valence-electron chi connectivity index (χ2n) is 13.6. The largest absolute Gasteiger partial charge is 0.460 e. The molecule has 2 nitrogen and oxygen atoms in total. The lowest BCUT2D eigenvalue weighted by Gasteiger charge is -2.28. The number of fused-ring (bicyclic) bond motifs is 7. The molecule has 3 aliphatic carbocycles. The van der Waals surface area contributed by atoms with Gasteiger partial charge in [-0.2, -0.15) is 0 Å². The van der Waals surface area contributed by atoms with E-state index < -0.39 is 0 Å². The Morgan fingerprint density at radius 1 is 0.700 bits per heavy atom. The summed E-state index contributed by atoms with van der Waals surface area (Å²) in [4.78, 5) is 0. The number of hydrogen-bond donors (Lipinski definition) is 0. The molecule has 0 fully saturated rings. The van der Waals surface area contributed by atoms with Crippen LogP contribution in [0.5, 0.6) is 0 Å². The molecule has 0 radical (unpaired) electrons. The van der Waals surface area contributed by atoms with Crippen LogP contribution in [0.25, 0.3) is 16.5 Å². The highest BCUT2D eigenvalue weighted by atomic mass is 16.4. The van der Waals surface area contributed by atoms with Crippen molar-refractivity contribution in [1.29, 1.82) is 0 Å². The number of hydrogen-bond acceptors (Lipinski definition) is 2. The van der Waals surface area contributed by atoms with Gasteiger partial charge in [0.1, 0.15) is 23.9 Å². The van der Waals surface area contributed by atoms with E-state index in [9.17, 15) is 0 Å². The predicted molar refractivity (Wildman–Crippen MR) is 207 cm³/mol. The van der Waals surface area contributed by atoms with Gasteiger partial charge in [-0.25, -0.2) is 0 Å². The smallest absolute Gasteiger partial charge is 0.150 e. The zero-order chi connectivity index (χ0) is 34.1. The lowest BCUT2D eigenvalue weighted by Crippen LogP contribution is -2.13. The summed E-state index contributed by atoms with van der Waals surface area (Å²) >= 11 is 0. The van der Waals surface area contributed by atoms with E-state index in [0.29, 0.717) is 0 Å². The van der Waals surface area contributed by atoms with E-state index in [2.05, 4.69) is 129 Å². The highest BCUT2D eigenvalue weighted by Gasteiger charge is 2.31. The average Bonchev–Trinajstić information content (AvgIpc) is 3.14. The summed E-state index contributed by atoms with van der Waals surface area (Å²) in [7, 11) is 0. The number of rotatable bonds is 8. The van der Waals surface area contributed by atoms with Crippen LogP contribution >= 0.6 is 0 Å². The van der Waals surface area contributed by atoms with E-state index in [1.54, 1.807) is 12.5 Å². The summed E-state index contributed by atoms with van der Waals surface area (Å²) in [5.74, 6) is 14.9. The fraction of sp³-hybridized carbons (Fsp3) is 0.292. The molecule has 0 N–H and O–H groups in total. The van der Waals surface area contributed by atoms with Gasteiger partial charge in [-0.1, -0.05) is 118 Å². The second kappa shape index (κ2) is 16.0. The maximum Gasteiger partial charge on any atom is 0.150 e. The van der Waals surface area contributed by atoms with Crippen LogP contribution in [0.3, 0.4) is 0 Å². The zero-order valence-electron chi connectivity index (χ0n) is 29.5. The molecular formula is C48H46O2. The zero-order valence-corrected chi connectivity index (χ0v) is 29.5. The summed E-state index contributed by atoms with van der Waals surface area (Å²) in [6.45, 7) is 4.49. The highest BCUT2D eigenvalue weighted by Crippen LogP contribution is 2.46. The van der Waals surface area contributed by atoms with Crippen molar-refractivity contribution in [2.45, 2.75) is 90.4 Å². The molecule has 0 spiro atoms. The minimum Gasteiger partial charge on any atom is -0.460 e. The third-order valence-electron chi connectivity index (χ3n) is 10.1. The third kappa shape index (κ3) is 7.52. The molecule has 4 aromatic rings. The first-order valence-corrected chi connectivity index (χ1v) is 18.6. The molecule has 50 heavy (non-hydrogen) atoms. The fourth-order valence-corrected chi connectivity index (χ4v) is 7.35. The van der Waals surface area contributed by atoms with Crippen LogP contribution in [0.4, 0.5) is 0 Å². The molecule has 1 aromatic heterocycles. The van der Waals surface area contributed by atoms with Crippen molar-refractivity contribution in [2.75, 3.05) is 0 Å². The van der Waals surface area contributed by atoms with Gasteiger partial charge in [-0.05, 0) is 109 Å². The van der Waals surface area contributed by atoms with Crippen molar-refractivity contribution in [3.05, 3.63) is 159 Å². The Kier molecular flexibility index (Phi) is 10.7. The first-order valence-electron chi connectivity index (χ1n) is 18.6. The van der Waals surface area contributed by atoms with Crippen LogP contribution in [0.15, 0.2) is 118 Å². The molecular weight excluding hydrogens is 609 g/mol. The Hall–Kier alpha value is -5.18. The quantitative estimate of drug-likeness (QED) is 0.107. The van der Waals surface area contributed by atoms with E-state index in [0.717, 1.165) is 76.7 Å². The minimum atomic E-state index is 0.135. The maximum absolute atomic E-state index is 6.47. The molecule has 0 bridgehead atoms.